The summed E-state index contributed by atoms with van der Waals surface area (Å²) in [6, 6.07) is 16.0. The molecule has 0 aliphatic carbocycles. The Labute approximate surface area is 164 Å². The Morgan fingerprint density at radius 2 is 1.89 bits per heavy atom. The first kappa shape index (κ1) is 17.8. The van der Waals surface area contributed by atoms with Gasteiger partial charge in [-0.3, -0.25) is 0 Å². The van der Waals surface area contributed by atoms with Gasteiger partial charge in [0.25, 0.3) is 0 Å². The van der Waals surface area contributed by atoms with Crippen molar-refractivity contribution in [2.24, 2.45) is 0 Å². The van der Waals surface area contributed by atoms with Gasteiger partial charge in [-0.25, -0.2) is 4.39 Å². The lowest BCUT2D eigenvalue weighted by Gasteiger charge is -2.06. The average Bonchev–Trinajstić information content (AvgIpc) is 3.10. The summed E-state index contributed by atoms with van der Waals surface area (Å²) in [5.74, 6) is 0.777. The van der Waals surface area contributed by atoms with Gasteiger partial charge in [-0.15, -0.1) is 10.2 Å². The molecule has 136 valence electrons. The number of aromatic nitrogens is 4. The van der Waals surface area contributed by atoms with Gasteiger partial charge < -0.3 is 4.74 Å². The number of rotatable bonds is 5. The molecule has 0 bridgehead atoms. The Balaban J connectivity index is 1.64. The summed E-state index contributed by atoms with van der Waals surface area (Å²) in [5.41, 5.74) is 2.77. The van der Waals surface area contributed by atoms with Crippen LogP contribution in [0.3, 0.4) is 0 Å². The van der Waals surface area contributed by atoms with E-state index in [1.54, 1.807) is 23.8 Å². The minimum Gasteiger partial charge on any atom is -0.497 e. The molecule has 0 radical (unpaired) electrons. The summed E-state index contributed by atoms with van der Waals surface area (Å²) in [5, 5.41) is 13.9. The maximum absolute atomic E-state index is 14.0. The number of halogens is 2. The normalized spacial score (nSPS) is 11.1. The van der Waals surface area contributed by atoms with E-state index in [0.29, 0.717) is 27.1 Å². The molecule has 2 heterocycles. The molecule has 0 fully saturated rings. The number of ether oxygens (including phenoxy) is 1. The second-order valence-corrected chi connectivity index (χ2v) is 7.04. The topological polar surface area (TPSA) is 52.3 Å². The molecule has 2 aromatic heterocycles. The van der Waals surface area contributed by atoms with Crippen LogP contribution in [-0.4, -0.2) is 26.9 Å². The molecule has 0 saturated carbocycles. The van der Waals surface area contributed by atoms with Crippen LogP contribution < -0.4 is 4.74 Å². The number of hydrogen-bond acceptors (Lipinski definition) is 5. The van der Waals surface area contributed by atoms with Crippen molar-refractivity contribution in [2.45, 2.75) is 10.9 Å². The van der Waals surface area contributed by atoms with Gasteiger partial charge in [0.05, 0.1) is 12.8 Å². The van der Waals surface area contributed by atoms with Crippen LogP contribution >= 0.6 is 23.4 Å². The van der Waals surface area contributed by atoms with Crippen LogP contribution in [0.2, 0.25) is 5.02 Å². The van der Waals surface area contributed by atoms with Gasteiger partial charge in [0.15, 0.2) is 5.65 Å². The van der Waals surface area contributed by atoms with Crippen molar-refractivity contribution >= 4 is 29.0 Å². The first-order valence-electron chi connectivity index (χ1n) is 8.08. The number of thioether (sulfide) groups is 1. The van der Waals surface area contributed by atoms with Crippen LogP contribution in [0.1, 0.15) is 5.56 Å². The molecular formula is C19H14ClFN4OS. The summed E-state index contributed by atoms with van der Waals surface area (Å²) in [7, 11) is 1.63. The van der Waals surface area contributed by atoms with E-state index in [-0.39, 0.29) is 5.82 Å². The van der Waals surface area contributed by atoms with Gasteiger partial charge in [0.2, 0.25) is 5.16 Å². The molecule has 4 aromatic rings. The zero-order chi connectivity index (χ0) is 18.8. The smallest absolute Gasteiger partial charge is 0.212 e. The largest absolute Gasteiger partial charge is 0.497 e. The van der Waals surface area contributed by atoms with Crippen LogP contribution in [-0.2, 0) is 5.75 Å². The van der Waals surface area contributed by atoms with Crippen LogP contribution in [0.5, 0.6) is 5.75 Å². The van der Waals surface area contributed by atoms with Crippen molar-refractivity contribution in [3.63, 3.8) is 0 Å². The molecule has 27 heavy (non-hydrogen) atoms. The van der Waals surface area contributed by atoms with Gasteiger partial charge in [-0.05, 0) is 48.5 Å². The third-order valence-corrected chi connectivity index (χ3v) is 5.33. The van der Waals surface area contributed by atoms with E-state index in [2.05, 4.69) is 15.3 Å². The predicted molar refractivity (Wildman–Crippen MR) is 104 cm³/mol. The highest BCUT2D eigenvalue weighted by Crippen LogP contribution is 2.28. The first-order chi connectivity index (χ1) is 13.2. The van der Waals surface area contributed by atoms with Crippen molar-refractivity contribution in [1.29, 1.82) is 0 Å². The number of nitrogens with zero attached hydrogens (tertiary/aromatic N) is 4. The minimum atomic E-state index is -0.337. The number of fused-ring (bicyclic) bond motifs is 1. The molecule has 0 saturated heterocycles. The zero-order valence-electron chi connectivity index (χ0n) is 14.3. The summed E-state index contributed by atoms with van der Waals surface area (Å²) in [4.78, 5) is 0. The van der Waals surface area contributed by atoms with Gasteiger partial charge >= 0.3 is 0 Å². The fourth-order valence-electron chi connectivity index (χ4n) is 2.58. The molecule has 8 heteroatoms. The Morgan fingerprint density at radius 1 is 1.07 bits per heavy atom. The lowest BCUT2D eigenvalue weighted by atomic mass is 10.1. The average molecular weight is 401 g/mol. The van der Waals surface area contributed by atoms with Crippen molar-refractivity contribution in [2.75, 3.05) is 7.11 Å². The van der Waals surface area contributed by atoms with E-state index in [1.807, 2.05) is 36.4 Å². The van der Waals surface area contributed by atoms with Crippen LogP contribution in [0.4, 0.5) is 4.39 Å². The maximum atomic E-state index is 14.0. The zero-order valence-corrected chi connectivity index (χ0v) is 15.8. The minimum absolute atomic E-state index is 0.334. The molecule has 0 spiro atoms. The van der Waals surface area contributed by atoms with Gasteiger partial charge in [0, 0.05) is 21.9 Å². The highest BCUT2D eigenvalue weighted by atomic mass is 35.5. The van der Waals surface area contributed by atoms with Crippen molar-refractivity contribution in [3.05, 3.63) is 71.0 Å². The second kappa shape index (κ2) is 7.54. The van der Waals surface area contributed by atoms with Crippen LogP contribution in [0.15, 0.2) is 59.8 Å². The lowest BCUT2D eigenvalue weighted by Crippen LogP contribution is -1.97. The number of benzene rings is 2. The summed E-state index contributed by atoms with van der Waals surface area (Å²) < 4.78 is 20.8. The second-order valence-electron chi connectivity index (χ2n) is 5.69. The van der Waals surface area contributed by atoms with E-state index in [9.17, 15) is 4.39 Å². The quantitative estimate of drug-likeness (QED) is 0.447. The Bertz CT molecular complexity index is 1080. The van der Waals surface area contributed by atoms with E-state index in [0.717, 1.165) is 17.0 Å². The Kier molecular flexibility index (Phi) is 4.96. The molecule has 0 unspecified atom stereocenters. The van der Waals surface area contributed by atoms with Crippen molar-refractivity contribution in [3.8, 4) is 17.0 Å². The molecule has 0 aliphatic heterocycles. The summed E-state index contributed by atoms with van der Waals surface area (Å²) >= 11 is 7.43. The highest BCUT2D eigenvalue weighted by Gasteiger charge is 2.13. The van der Waals surface area contributed by atoms with E-state index in [1.165, 1.54) is 17.8 Å². The van der Waals surface area contributed by atoms with Gasteiger partial charge in [-0.2, -0.15) is 9.61 Å². The third-order valence-electron chi connectivity index (χ3n) is 4.03. The van der Waals surface area contributed by atoms with Gasteiger partial charge in [-0.1, -0.05) is 29.4 Å². The fraction of sp³-hybridized carbons (Fsp3) is 0.105. The third kappa shape index (κ3) is 3.61. The van der Waals surface area contributed by atoms with Crippen LogP contribution in [0, 0.1) is 5.82 Å². The predicted octanol–water partition coefficient (Wildman–Crippen LogP) is 4.88. The molecule has 5 nitrogen and oxygen atoms in total. The first-order valence-corrected chi connectivity index (χ1v) is 9.44. The molecule has 2 aromatic carbocycles. The maximum Gasteiger partial charge on any atom is 0.212 e. The van der Waals surface area contributed by atoms with E-state index in [4.69, 9.17) is 16.3 Å². The standard InChI is InChI=1S/C19H14ClFN4OS/c1-26-13-7-5-12(6-8-13)17-9-10-18-22-23-19(25(18)24-17)27-11-14-15(20)3-2-4-16(14)21/h2-10H,11H2,1H3. The molecule has 4 rings (SSSR count). The summed E-state index contributed by atoms with van der Waals surface area (Å²) in [6.45, 7) is 0. The Hall–Kier alpha value is -2.64. The van der Waals surface area contributed by atoms with E-state index < -0.39 is 0 Å². The molecule has 0 aliphatic rings. The molecule has 0 amide bonds. The summed E-state index contributed by atoms with van der Waals surface area (Å²) in [6.07, 6.45) is 0. The van der Waals surface area contributed by atoms with Crippen molar-refractivity contribution < 1.29 is 9.13 Å². The lowest BCUT2D eigenvalue weighted by molar-refractivity contribution is 0.415. The van der Waals surface area contributed by atoms with Crippen LogP contribution in [0.25, 0.3) is 16.9 Å². The highest BCUT2D eigenvalue weighted by molar-refractivity contribution is 7.98. The molecule has 0 atom stereocenters. The SMILES string of the molecule is COc1ccc(-c2ccc3nnc(SCc4c(F)cccc4Cl)n3n2)cc1. The Morgan fingerprint density at radius 3 is 2.63 bits per heavy atom. The fourth-order valence-corrected chi connectivity index (χ4v) is 3.81. The van der Waals surface area contributed by atoms with E-state index >= 15 is 0 Å². The number of methoxy groups -OCH3 is 1. The molecule has 0 N–H and O–H groups in total. The number of hydrogen-bond donors (Lipinski definition) is 0. The van der Waals surface area contributed by atoms with Gasteiger partial charge in [0.1, 0.15) is 11.6 Å². The van der Waals surface area contributed by atoms with Crippen molar-refractivity contribution in [1.82, 2.24) is 19.8 Å². The molecular weight excluding hydrogens is 387 g/mol. The monoisotopic (exact) mass is 400 g/mol.